The van der Waals surface area contributed by atoms with Crippen LogP contribution in [0.3, 0.4) is 0 Å². The molecule has 0 aromatic carbocycles. The summed E-state index contributed by atoms with van der Waals surface area (Å²) in [5, 5.41) is 6.85. The van der Waals surface area contributed by atoms with Crippen LogP contribution < -0.4 is 5.32 Å². The van der Waals surface area contributed by atoms with E-state index < -0.39 is 0 Å². The molecule has 92 valence electrons. The van der Waals surface area contributed by atoms with E-state index in [9.17, 15) is 0 Å². The lowest BCUT2D eigenvalue weighted by Gasteiger charge is -2.15. The largest absolute Gasteiger partial charge is 0.308 e. The van der Waals surface area contributed by atoms with Gasteiger partial charge in [0.15, 0.2) is 0 Å². The summed E-state index contributed by atoms with van der Waals surface area (Å²) in [7, 11) is 0. The van der Waals surface area contributed by atoms with Crippen LogP contribution in [0.4, 0.5) is 0 Å². The molecule has 1 atom stereocenters. The Balaban J connectivity index is 2.07. The molecule has 5 heteroatoms. The van der Waals surface area contributed by atoms with Crippen LogP contribution in [-0.2, 0) is 6.42 Å². The van der Waals surface area contributed by atoms with Crippen molar-refractivity contribution in [2.75, 3.05) is 6.54 Å². The van der Waals surface area contributed by atoms with E-state index in [0.717, 1.165) is 30.1 Å². The zero-order valence-electron chi connectivity index (χ0n) is 10.1. The quantitative estimate of drug-likeness (QED) is 0.873. The topological polar surface area (TPSA) is 37.8 Å². The summed E-state index contributed by atoms with van der Waals surface area (Å²) in [4.78, 5) is 10.0. The third-order valence-electron chi connectivity index (χ3n) is 2.52. The molecule has 0 amide bonds. The van der Waals surface area contributed by atoms with Crippen molar-refractivity contribution in [1.29, 1.82) is 0 Å². The van der Waals surface area contributed by atoms with E-state index in [1.54, 1.807) is 22.7 Å². The van der Waals surface area contributed by atoms with E-state index in [0.29, 0.717) is 6.04 Å². The average molecular weight is 267 g/mol. The highest BCUT2D eigenvalue weighted by Crippen LogP contribution is 2.22. The summed E-state index contributed by atoms with van der Waals surface area (Å²) >= 11 is 3.43. The van der Waals surface area contributed by atoms with Crippen LogP contribution >= 0.6 is 22.7 Å². The van der Waals surface area contributed by atoms with Gasteiger partial charge in [-0.05, 0) is 19.9 Å². The zero-order chi connectivity index (χ0) is 12.1. The molecule has 0 bridgehead atoms. The van der Waals surface area contributed by atoms with Crippen molar-refractivity contribution < 1.29 is 0 Å². The predicted octanol–water partition coefficient (Wildman–Crippen LogP) is 3.19. The first kappa shape index (κ1) is 12.7. The van der Waals surface area contributed by atoms with Crippen molar-refractivity contribution >= 4 is 22.7 Å². The van der Waals surface area contributed by atoms with Crippen molar-refractivity contribution in [1.82, 2.24) is 15.3 Å². The summed E-state index contributed by atoms with van der Waals surface area (Å²) < 4.78 is 0. The predicted molar refractivity (Wildman–Crippen MR) is 73.7 cm³/mol. The van der Waals surface area contributed by atoms with Gasteiger partial charge in [0.2, 0.25) is 0 Å². The van der Waals surface area contributed by atoms with Crippen LogP contribution in [0.25, 0.3) is 0 Å². The normalized spacial score (nSPS) is 12.8. The molecule has 1 unspecified atom stereocenters. The number of nitrogens with one attached hydrogen (secondary N) is 1. The molecule has 2 aromatic rings. The fourth-order valence-corrected chi connectivity index (χ4v) is 2.99. The number of aromatic nitrogens is 2. The summed E-state index contributed by atoms with van der Waals surface area (Å²) in [6.45, 7) is 5.26. The molecular weight excluding hydrogens is 250 g/mol. The Morgan fingerprint density at radius 1 is 1.41 bits per heavy atom. The SMILES string of the molecule is CCCNC(Cc1cncs1)c1csc(C)n1. The smallest absolute Gasteiger partial charge is 0.0898 e. The molecule has 0 fully saturated rings. The maximum absolute atomic E-state index is 4.58. The Bertz CT molecular complexity index is 436. The van der Waals surface area contributed by atoms with Gasteiger partial charge in [-0.15, -0.1) is 22.7 Å². The Kier molecular flexibility index (Phi) is 4.65. The fraction of sp³-hybridized carbons (Fsp3) is 0.500. The minimum Gasteiger partial charge on any atom is -0.308 e. The lowest BCUT2D eigenvalue weighted by molar-refractivity contribution is 0.522. The molecular formula is C12H17N3S2. The van der Waals surface area contributed by atoms with Gasteiger partial charge < -0.3 is 5.32 Å². The highest BCUT2D eigenvalue weighted by molar-refractivity contribution is 7.09. The zero-order valence-corrected chi connectivity index (χ0v) is 11.8. The van der Waals surface area contributed by atoms with E-state index in [1.807, 2.05) is 11.7 Å². The molecule has 1 N–H and O–H groups in total. The number of rotatable bonds is 6. The fourth-order valence-electron chi connectivity index (χ4n) is 1.68. The van der Waals surface area contributed by atoms with Gasteiger partial charge >= 0.3 is 0 Å². The summed E-state index contributed by atoms with van der Waals surface area (Å²) in [5.41, 5.74) is 3.05. The second-order valence-corrected chi connectivity index (χ2v) is 6.00. The molecule has 17 heavy (non-hydrogen) atoms. The van der Waals surface area contributed by atoms with Gasteiger partial charge in [0.1, 0.15) is 0 Å². The first-order chi connectivity index (χ1) is 8.29. The highest BCUT2D eigenvalue weighted by atomic mass is 32.1. The molecule has 0 saturated heterocycles. The maximum atomic E-state index is 4.58. The molecule has 0 aliphatic heterocycles. The van der Waals surface area contributed by atoms with Gasteiger partial charge in [-0.1, -0.05) is 6.92 Å². The third-order valence-corrected chi connectivity index (χ3v) is 4.12. The first-order valence-electron chi connectivity index (χ1n) is 5.82. The molecule has 2 rings (SSSR count). The van der Waals surface area contributed by atoms with Crippen LogP contribution in [-0.4, -0.2) is 16.5 Å². The molecule has 0 radical (unpaired) electrons. The third kappa shape index (κ3) is 3.59. The Morgan fingerprint density at radius 2 is 2.29 bits per heavy atom. The molecule has 2 aromatic heterocycles. The summed E-state index contributed by atoms with van der Waals surface area (Å²) in [6, 6.07) is 0.320. The number of hydrogen-bond acceptors (Lipinski definition) is 5. The maximum Gasteiger partial charge on any atom is 0.0898 e. The van der Waals surface area contributed by atoms with Crippen molar-refractivity contribution in [3.63, 3.8) is 0 Å². The Labute approximate surface area is 110 Å². The molecule has 2 heterocycles. The van der Waals surface area contributed by atoms with Crippen molar-refractivity contribution in [2.24, 2.45) is 0 Å². The standard InChI is InChI=1S/C12H17N3S2/c1-3-4-14-11(5-10-6-13-8-17-10)12-7-16-9(2)15-12/h6-8,11,14H,3-5H2,1-2H3. The van der Waals surface area contributed by atoms with E-state index in [-0.39, 0.29) is 0 Å². The Morgan fingerprint density at radius 3 is 2.88 bits per heavy atom. The van der Waals surface area contributed by atoms with E-state index in [4.69, 9.17) is 0 Å². The lowest BCUT2D eigenvalue weighted by atomic mass is 10.1. The Hall–Kier alpha value is -0.780. The summed E-state index contributed by atoms with van der Waals surface area (Å²) in [5.74, 6) is 0. The molecule has 0 saturated carbocycles. The van der Waals surface area contributed by atoms with Crippen LogP contribution in [0.5, 0.6) is 0 Å². The number of thiazole rings is 2. The van der Waals surface area contributed by atoms with Gasteiger partial charge in [0.25, 0.3) is 0 Å². The minimum atomic E-state index is 0.320. The van der Waals surface area contributed by atoms with Crippen LogP contribution in [0, 0.1) is 6.92 Å². The van der Waals surface area contributed by atoms with Gasteiger partial charge in [0, 0.05) is 22.9 Å². The van der Waals surface area contributed by atoms with Gasteiger partial charge in [-0.3, -0.25) is 4.98 Å². The minimum absolute atomic E-state index is 0.320. The average Bonchev–Trinajstić information content (AvgIpc) is 2.95. The first-order valence-corrected chi connectivity index (χ1v) is 7.58. The van der Waals surface area contributed by atoms with Gasteiger partial charge in [-0.25, -0.2) is 4.98 Å². The number of aryl methyl sites for hydroxylation is 1. The van der Waals surface area contributed by atoms with Crippen LogP contribution in [0.1, 0.15) is 35.0 Å². The van der Waals surface area contributed by atoms with Gasteiger partial charge in [0.05, 0.1) is 22.3 Å². The lowest BCUT2D eigenvalue weighted by Crippen LogP contribution is -2.24. The van der Waals surface area contributed by atoms with Crippen molar-refractivity contribution in [3.05, 3.63) is 32.7 Å². The molecule has 3 nitrogen and oxygen atoms in total. The van der Waals surface area contributed by atoms with Crippen LogP contribution in [0.15, 0.2) is 17.1 Å². The number of nitrogens with zero attached hydrogens (tertiary/aromatic N) is 2. The summed E-state index contributed by atoms with van der Waals surface area (Å²) in [6.07, 6.45) is 4.07. The molecule has 0 aliphatic rings. The van der Waals surface area contributed by atoms with Gasteiger partial charge in [-0.2, -0.15) is 0 Å². The van der Waals surface area contributed by atoms with Crippen LogP contribution in [0.2, 0.25) is 0 Å². The van der Waals surface area contributed by atoms with E-state index in [2.05, 4.69) is 34.5 Å². The van der Waals surface area contributed by atoms with E-state index >= 15 is 0 Å². The monoisotopic (exact) mass is 267 g/mol. The number of hydrogen-bond donors (Lipinski definition) is 1. The highest BCUT2D eigenvalue weighted by Gasteiger charge is 2.15. The van der Waals surface area contributed by atoms with E-state index in [1.165, 1.54) is 4.88 Å². The van der Waals surface area contributed by atoms with Crippen molar-refractivity contribution in [3.8, 4) is 0 Å². The molecule has 0 spiro atoms. The molecule has 0 aliphatic carbocycles. The van der Waals surface area contributed by atoms with Crippen molar-refractivity contribution in [2.45, 2.75) is 32.7 Å². The second kappa shape index (κ2) is 6.23. The second-order valence-electron chi connectivity index (χ2n) is 3.97.